The van der Waals surface area contributed by atoms with E-state index in [1.54, 1.807) is 0 Å². The van der Waals surface area contributed by atoms with Crippen LogP contribution in [0, 0.1) is 0 Å². The summed E-state index contributed by atoms with van der Waals surface area (Å²) < 4.78 is 6.45. The maximum Gasteiger partial charge on any atom is 0.167 e. The molecule has 0 atom stereocenters. The molecule has 0 spiro atoms. The molecule has 0 fully saturated rings. The van der Waals surface area contributed by atoms with Crippen LogP contribution in [0.3, 0.4) is 0 Å². The Morgan fingerprint density at radius 1 is 0.314 bits per heavy atom. The van der Waals surface area contributed by atoms with Gasteiger partial charge in [0.1, 0.15) is 11.2 Å². The van der Waals surface area contributed by atoms with Gasteiger partial charge in [0.05, 0.1) is 5.56 Å². The summed E-state index contributed by atoms with van der Waals surface area (Å²) in [6.07, 6.45) is 0. The molecule has 0 unspecified atom stereocenters. The number of furan rings is 1. The number of para-hydroxylation sites is 2. The van der Waals surface area contributed by atoms with Crippen molar-refractivity contribution in [2.24, 2.45) is 0 Å². The molecule has 0 amide bonds. The number of benzene rings is 8. The van der Waals surface area contributed by atoms with Crippen LogP contribution in [-0.4, -0.2) is 15.0 Å². The summed E-state index contributed by atoms with van der Waals surface area (Å²) >= 11 is 0. The van der Waals surface area contributed by atoms with E-state index in [1.807, 2.05) is 36.4 Å². The summed E-state index contributed by atoms with van der Waals surface area (Å²) in [6.45, 7) is 0. The Kier molecular flexibility index (Phi) is 6.78. The van der Waals surface area contributed by atoms with E-state index in [1.165, 1.54) is 27.1 Å². The zero-order valence-electron chi connectivity index (χ0n) is 27.5. The van der Waals surface area contributed by atoms with E-state index < -0.39 is 0 Å². The van der Waals surface area contributed by atoms with Crippen LogP contribution >= 0.6 is 0 Å². The Labute approximate surface area is 294 Å². The van der Waals surface area contributed by atoms with Gasteiger partial charge in [0.2, 0.25) is 0 Å². The molecule has 0 bridgehead atoms. The molecular formula is C47H29N3O. The highest BCUT2D eigenvalue weighted by molar-refractivity contribution is 6.14. The molecule has 2 heterocycles. The van der Waals surface area contributed by atoms with Crippen LogP contribution in [0.25, 0.3) is 99.9 Å². The molecule has 238 valence electrons. The molecule has 4 nitrogen and oxygen atoms in total. The minimum absolute atomic E-state index is 0.563. The molecule has 0 aliphatic rings. The Balaban J connectivity index is 1.16. The highest BCUT2D eigenvalue weighted by Crippen LogP contribution is 2.38. The zero-order chi connectivity index (χ0) is 33.7. The van der Waals surface area contributed by atoms with Crippen LogP contribution in [0.4, 0.5) is 0 Å². The van der Waals surface area contributed by atoms with E-state index in [0.717, 1.165) is 55.3 Å². The fraction of sp³-hybridized carbons (Fsp3) is 0. The first-order chi connectivity index (χ1) is 25.3. The van der Waals surface area contributed by atoms with E-state index in [4.69, 9.17) is 19.4 Å². The third-order valence-electron chi connectivity index (χ3n) is 9.73. The molecular weight excluding hydrogens is 623 g/mol. The van der Waals surface area contributed by atoms with Crippen molar-refractivity contribution < 1.29 is 4.42 Å². The maximum atomic E-state index is 6.45. The summed E-state index contributed by atoms with van der Waals surface area (Å²) in [4.78, 5) is 15.4. The van der Waals surface area contributed by atoms with Gasteiger partial charge in [-0.1, -0.05) is 152 Å². The van der Waals surface area contributed by atoms with E-state index in [2.05, 4.69) is 140 Å². The van der Waals surface area contributed by atoms with Gasteiger partial charge in [0.15, 0.2) is 17.5 Å². The van der Waals surface area contributed by atoms with E-state index in [9.17, 15) is 0 Å². The third kappa shape index (κ3) is 5.04. The lowest BCUT2D eigenvalue weighted by Gasteiger charge is -2.13. The molecule has 51 heavy (non-hydrogen) atoms. The van der Waals surface area contributed by atoms with Crippen LogP contribution in [0.15, 0.2) is 180 Å². The summed E-state index contributed by atoms with van der Waals surface area (Å²) in [5.41, 5.74) is 8.81. The topological polar surface area (TPSA) is 51.8 Å². The number of aromatic nitrogens is 3. The molecule has 0 saturated heterocycles. The van der Waals surface area contributed by atoms with Gasteiger partial charge in [-0.05, 0) is 68.1 Å². The first kappa shape index (κ1) is 29.0. The fourth-order valence-corrected chi connectivity index (χ4v) is 7.24. The van der Waals surface area contributed by atoms with Gasteiger partial charge >= 0.3 is 0 Å². The monoisotopic (exact) mass is 651 g/mol. The Morgan fingerprint density at radius 2 is 0.882 bits per heavy atom. The van der Waals surface area contributed by atoms with Crippen LogP contribution < -0.4 is 0 Å². The molecule has 0 saturated carbocycles. The van der Waals surface area contributed by atoms with Crippen molar-refractivity contribution in [3.8, 4) is 56.4 Å². The van der Waals surface area contributed by atoms with Crippen molar-refractivity contribution in [2.75, 3.05) is 0 Å². The van der Waals surface area contributed by atoms with Gasteiger partial charge in [-0.3, -0.25) is 0 Å². The fourth-order valence-electron chi connectivity index (χ4n) is 7.24. The van der Waals surface area contributed by atoms with Crippen LogP contribution in [0.5, 0.6) is 0 Å². The van der Waals surface area contributed by atoms with Crippen molar-refractivity contribution in [2.45, 2.75) is 0 Å². The summed E-state index contributed by atoms with van der Waals surface area (Å²) in [7, 11) is 0. The van der Waals surface area contributed by atoms with Crippen LogP contribution in [-0.2, 0) is 0 Å². The van der Waals surface area contributed by atoms with Gasteiger partial charge in [0.25, 0.3) is 0 Å². The largest absolute Gasteiger partial charge is 0.455 e. The molecule has 2 aromatic heterocycles. The number of rotatable bonds is 5. The minimum atomic E-state index is 0.563. The van der Waals surface area contributed by atoms with Crippen molar-refractivity contribution in [1.82, 2.24) is 15.0 Å². The highest BCUT2D eigenvalue weighted by atomic mass is 16.3. The van der Waals surface area contributed by atoms with Crippen molar-refractivity contribution in [3.05, 3.63) is 176 Å². The quantitative estimate of drug-likeness (QED) is 0.174. The van der Waals surface area contributed by atoms with Crippen molar-refractivity contribution in [3.63, 3.8) is 0 Å². The highest BCUT2D eigenvalue weighted by Gasteiger charge is 2.18. The average molecular weight is 652 g/mol. The van der Waals surface area contributed by atoms with Crippen molar-refractivity contribution in [1.29, 1.82) is 0 Å². The van der Waals surface area contributed by atoms with Gasteiger partial charge in [-0.25, -0.2) is 15.0 Å². The standard InChI is InChI=1S/C47H29N3O/c1-2-12-30(13-3-1)31-24-26-32(27-25-31)45-48-46(50-47(49-45)41-22-11-21-40-39-20-8-9-23-43(39)51-44(40)41)35-16-10-15-33(28-35)42-29-34-14-4-5-17-36(34)37-18-6-7-19-38(37)42/h1-29H. The maximum absolute atomic E-state index is 6.45. The van der Waals surface area contributed by atoms with Gasteiger partial charge in [-0.15, -0.1) is 0 Å². The average Bonchev–Trinajstić information content (AvgIpc) is 3.60. The lowest BCUT2D eigenvalue weighted by atomic mass is 9.92. The second-order valence-electron chi connectivity index (χ2n) is 12.8. The lowest BCUT2D eigenvalue weighted by Crippen LogP contribution is -2.00. The van der Waals surface area contributed by atoms with Crippen LogP contribution in [0.1, 0.15) is 0 Å². The van der Waals surface area contributed by atoms with E-state index in [0.29, 0.717) is 17.5 Å². The number of nitrogens with zero attached hydrogens (tertiary/aromatic N) is 3. The van der Waals surface area contributed by atoms with Crippen molar-refractivity contribution >= 4 is 43.5 Å². The van der Waals surface area contributed by atoms with E-state index in [-0.39, 0.29) is 0 Å². The molecule has 0 aliphatic carbocycles. The van der Waals surface area contributed by atoms with Gasteiger partial charge < -0.3 is 4.42 Å². The van der Waals surface area contributed by atoms with Gasteiger partial charge in [0, 0.05) is 21.9 Å². The normalized spacial score (nSPS) is 11.5. The molecule has 0 N–H and O–H groups in total. The minimum Gasteiger partial charge on any atom is -0.455 e. The Bertz CT molecular complexity index is 2910. The Hall–Kier alpha value is -6.91. The number of hydrogen-bond donors (Lipinski definition) is 0. The van der Waals surface area contributed by atoms with Crippen LogP contribution in [0.2, 0.25) is 0 Å². The lowest BCUT2D eigenvalue weighted by molar-refractivity contribution is 0.669. The molecule has 0 radical (unpaired) electrons. The smallest absolute Gasteiger partial charge is 0.167 e. The second-order valence-corrected chi connectivity index (χ2v) is 12.8. The number of hydrogen-bond acceptors (Lipinski definition) is 4. The van der Waals surface area contributed by atoms with Gasteiger partial charge in [-0.2, -0.15) is 0 Å². The molecule has 4 heteroatoms. The molecule has 10 aromatic rings. The Morgan fingerprint density at radius 3 is 1.73 bits per heavy atom. The zero-order valence-corrected chi connectivity index (χ0v) is 27.5. The second kappa shape index (κ2) is 11.9. The predicted octanol–water partition coefficient (Wildman–Crippen LogP) is 12.4. The molecule has 10 rings (SSSR count). The first-order valence-electron chi connectivity index (χ1n) is 17.1. The predicted molar refractivity (Wildman–Crippen MR) is 209 cm³/mol. The SMILES string of the molecule is c1ccc(-c2ccc(-c3nc(-c4cccc(-c5cc6ccccc6c6ccccc56)c4)nc(-c4cccc5c4oc4ccccc45)n3)cc2)cc1. The first-order valence-corrected chi connectivity index (χ1v) is 17.1. The summed E-state index contributed by atoms with van der Waals surface area (Å²) in [5.74, 6) is 1.76. The third-order valence-corrected chi connectivity index (χ3v) is 9.73. The molecule has 0 aliphatic heterocycles. The summed E-state index contributed by atoms with van der Waals surface area (Å²) in [6, 6.07) is 61.1. The van der Waals surface area contributed by atoms with E-state index >= 15 is 0 Å². The summed E-state index contributed by atoms with van der Waals surface area (Å²) in [5, 5.41) is 7.00. The number of fused-ring (bicyclic) bond motifs is 6. The molecule has 8 aromatic carbocycles.